The summed E-state index contributed by atoms with van der Waals surface area (Å²) in [4.78, 5) is 2.48. The fourth-order valence-electron chi connectivity index (χ4n) is 8.38. The van der Waals surface area contributed by atoms with Gasteiger partial charge in [0.1, 0.15) is 0 Å². The Bertz CT molecular complexity index is 2180. The van der Waals surface area contributed by atoms with E-state index < -0.39 is 0 Å². The molecule has 3 aromatic carbocycles. The van der Waals surface area contributed by atoms with Crippen LogP contribution in [0, 0.1) is 0 Å². The van der Waals surface area contributed by atoms with Gasteiger partial charge in [-0.3, -0.25) is 0 Å². The monoisotopic (exact) mass is 711 g/mol. The highest BCUT2D eigenvalue weighted by Gasteiger charge is 2.43. The molecular weight excluding hydrogens is 651 g/mol. The predicted octanol–water partition coefficient (Wildman–Crippen LogP) is 15.1. The van der Waals surface area contributed by atoms with Gasteiger partial charge in [-0.15, -0.1) is 0 Å². The Labute approximate surface area is 327 Å². The fourth-order valence-corrected chi connectivity index (χ4v) is 8.38. The molecule has 2 aliphatic rings. The first-order valence-electron chi connectivity index (χ1n) is 19.8. The lowest BCUT2D eigenvalue weighted by Gasteiger charge is -2.31. The van der Waals surface area contributed by atoms with Crippen molar-refractivity contribution in [3.05, 3.63) is 197 Å². The van der Waals surface area contributed by atoms with Gasteiger partial charge < -0.3 is 4.90 Å². The topological polar surface area (TPSA) is 3.24 Å². The molecule has 1 heteroatoms. The normalized spacial score (nSPS) is 16.6. The van der Waals surface area contributed by atoms with Gasteiger partial charge >= 0.3 is 0 Å². The summed E-state index contributed by atoms with van der Waals surface area (Å²) < 4.78 is 0. The van der Waals surface area contributed by atoms with Crippen LogP contribution >= 0.6 is 0 Å². The van der Waals surface area contributed by atoms with Gasteiger partial charge in [0.2, 0.25) is 0 Å². The van der Waals surface area contributed by atoms with Crippen molar-refractivity contribution in [1.29, 1.82) is 0 Å². The quantitative estimate of drug-likeness (QED) is 0.151. The molecule has 0 spiro atoms. The van der Waals surface area contributed by atoms with E-state index in [-0.39, 0.29) is 10.8 Å². The molecule has 0 N–H and O–H groups in total. The van der Waals surface area contributed by atoms with Crippen molar-refractivity contribution in [3.63, 3.8) is 0 Å². The Balaban J connectivity index is 1.81. The van der Waals surface area contributed by atoms with E-state index in [2.05, 4.69) is 184 Å². The third kappa shape index (κ3) is 7.47. The van der Waals surface area contributed by atoms with Crippen molar-refractivity contribution in [2.75, 3.05) is 4.90 Å². The second-order valence-electron chi connectivity index (χ2n) is 15.5. The maximum Gasteiger partial charge on any atom is 0.0542 e. The van der Waals surface area contributed by atoms with Crippen LogP contribution in [0.25, 0.3) is 22.3 Å². The summed E-state index contributed by atoms with van der Waals surface area (Å²) in [5.74, 6) is 0. The lowest BCUT2D eigenvalue weighted by Crippen LogP contribution is -2.21. The van der Waals surface area contributed by atoms with E-state index in [1.165, 1.54) is 61.3 Å². The number of hydrogen-bond donors (Lipinski definition) is 0. The molecule has 0 unspecified atom stereocenters. The van der Waals surface area contributed by atoms with Crippen molar-refractivity contribution >= 4 is 5.69 Å². The zero-order valence-electron chi connectivity index (χ0n) is 34.6. The number of nitrogens with zero attached hydrogens (tertiary/aromatic N) is 1. The average molecular weight is 712 g/mol. The standard InChI is InChI=1S/C53H61N/c1-13-20-27-40(17-5)41(18-6)32-31-37(8)54(42(19-7)28-23-26-38(16-4)24-14-2)50-34-39(25-15-3)33-49-51(50)45-36-47-44(35-48(45)53(49,11)12)43-29-21-22-30-46(43)52(47,9)10/h13-14,16-24,27-36H,5-6,15,25-26H2,1-4,7-12H3/b20-13-,24-14-,28-23-,37-31+,38-16+,40-27+,41-32+,42-19+. The molecular formula is C53H61N. The van der Waals surface area contributed by atoms with Crippen LogP contribution in [0.5, 0.6) is 0 Å². The number of allylic oxidation sites excluding steroid dienone is 17. The minimum atomic E-state index is -0.172. The van der Waals surface area contributed by atoms with E-state index in [0.29, 0.717) is 0 Å². The predicted molar refractivity (Wildman–Crippen MR) is 239 cm³/mol. The highest BCUT2D eigenvalue weighted by molar-refractivity contribution is 5.96. The maximum absolute atomic E-state index is 4.17. The third-order valence-electron chi connectivity index (χ3n) is 11.3. The number of hydrogen-bond acceptors (Lipinski definition) is 1. The van der Waals surface area contributed by atoms with E-state index in [9.17, 15) is 0 Å². The zero-order chi connectivity index (χ0) is 39.2. The number of anilines is 1. The van der Waals surface area contributed by atoms with Gasteiger partial charge in [0.05, 0.1) is 5.69 Å². The molecule has 0 aromatic heterocycles. The fraction of sp³-hybridized carbons (Fsp3) is 0.283. The lowest BCUT2D eigenvalue weighted by atomic mass is 9.79. The molecule has 0 aliphatic heterocycles. The molecule has 2 aliphatic carbocycles. The van der Waals surface area contributed by atoms with Gasteiger partial charge in [0.25, 0.3) is 0 Å². The van der Waals surface area contributed by atoms with Gasteiger partial charge in [-0.25, -0.2) is 0 Å². The van der Waals surface area contributed by atoms with Gasteiger partial charge in [-0.2, -0.15) is 0 Å². The Morgan fingerprint density at radius 3 is 2.02 bits per heavy atom. The van der Waals surface area contributed by atoms with Gasteiger partial charge in [-0.1, -0.05) is 151 Å². The first-order chi connectivity index (χ1) is 25.9. The summed E-state index contributed by atoms with van der Waals surface area (Å²) in [5, 5.41) is 0. The maximum atomic E-state index is 4.17. The van der Waals surface area contributed by atoms with Crippen LogP contribution in [0.15, 0.2) is 169 Å². The van der Waals surface area contributed by atoms with E-state index >= 15 is 0 Å². The Morgan fingerprint density at radius 1 is 0.704 bits per heavy atom. The molecule has 5 rings (SSSR count). The number of rotatable bonds is 14. The SMILES string of the molecule is C=CC(=C\C=C/C)/C(C=C)=C/C=C(\C)N(C(/C=C\CC(/C=C\C)=C/C)=C/C)c1cc(CCC)cc2c1-c1cc3c(cc1C2(C)C)-c1ccccc1C3(C)C. The van der Waals surface area contributed by atoms with E-state index in [4.69, 9.17) is 0 Å². The van der Waals surface area contributed by atoms with Crippen molar-refractivity contribution in [2.24, 2.45) is 0 Å². The smallest absolute Gasteiger partial charge is 0.0542 e. The van der Waals surface area contributed by atoms with Gasteiger partial charge in [0, 0.05) is 27.8 Å². The molecule has 0 heterocycles. The van der Waals surface area contributed by atoms with Crippen molar-refractivity contribution < 1.29 is 0 Å². The summed E-state index contributed by atoms with van der Waals surface area (Å²) in [6.45, 7) is 30.8. The molecule has 0 saturated heterocycles. The molecule has 0 radical (unpaired) electrons. The minimum Gasteiger partial charge on any atom is -0.314 e. The molecule has 0 bridgehead atoms. The minimum absolute atomic E-state index is 0.0877. The summed E-state index contributed by atoms with van der Waals surface area (Å²) in [6.07, 6.45) is 30.7. The number of aryl methyl sites for hydroxylation is 1. The van der Waals surface area contributed by atoms with Gasteiger partial charge in [0.15, 0.2) is 0 Å². The van der Waals surface area contributed by atoms with E-state index in [0.717, 1.165) is 41.8 Å². The first-order valence-corrected chi connectivity index (χ1v) is 19.8. The zero-order valence-corrected chi connectivity index (χ0v) is 34.6. The van der Waals surface area contributed by atoms with Crippen molar-refractivity contribution in [3.8, 4) is 22.3 Å². The van der Waals surface area contributed by atoms with Gasteiger partial charge in [-0.05, 0) is 139 Å². The molecule has 0 fully saturated rings. The highest BCUT2D eigenvalue weighted by atomic mass is 15.2. The molecule has 3 aromatic rings. The van der Waals surface area contributed by atoms with E-state index in [1.54, 1.807) is 0 Å². The molecule has 54 heavy (non-hydrogen) atoms. The van der Waals surface area contributed by atoms with Crippen LogP contribution in [-0.2, 0) is 17.3 Å². The highest BCUT2D eigenvalue weighted by Crippen LogP contribution is 2.58. The molecule has 0 saturated carbocycles. The molecule has 1 nitrogen and oxygen atoms in total. The molecule has 0 amide bonds. The van der Waals surface area contributed by atoms with Crippen LogP contribution < -0.4 is 4.90 Å². The summed E-state index contributed by atoms with van der Waals surface area (Å²) >= 11 is 0. The van der Waals surface area contributed by atoms with Crippen LogP contribution in [-0.4, -0.2) is 0 Å². The third-order valence-corrected chi connectivity index (χ3v) is 11.3. The summed E-state index contributed by atoms with van der Waals surface area (Å²) in [6, 6.07) is 19.0. The van der Waals surface area contributed by atoms with E-state index in [1.807, 2.05) is 31.2 Å². The first kappa shape index (κ1) is 40.1. The second-order valence-corrected chi connectivity index (χ2v) is 15.5. The lowest BCUT2D eigenvalue weighted by molar-refractivity contribution is 0.651. The van der Waals surface area contributed by atoms with Crippen LogP contribution in [0.4, 0.5) is 5.69 Å². The van der Waals surface area contributed by atoms with Crippen molar-refractivity contribution in [2.45, 2.75) is 99.3 Å². The second kappa shape index (κ2) is 16.9. The van der Waals surface area contributed by atoms with Crippen LogP contribution in [0.2, 0.25) is 0 Å². The van der Waals surface area contributed by atoms with Crippen LogP contribution in [0.3, 0.4) is 0 Å². The largest absolute Gasteiger partial charge is 0.314 e. The van der Waals surface area contributed by atoms with Crippen LogP contribution in [0.1, 0.15) is 110 Å². The summed E-state index contributed by atoms with van der Waals surface area (Å²) in [5.41, 5.74) is 19.0. The Hall–Kier alpha value is -5.14. The number of fused-ring (bicyclic) bond motifs is 6. The Morgan fingerprint density at radius 2 is 1.37 bits per heavy atom. The molecule has 278 valence electrons. The number of benzene rings is 3. The summed E-state index contributed by atoms with van der Waals surface area (Å²) in [7, 11) is 0. The Kier molecular flexibility index (Phi) is 12.5. The van der Waals surface area contributed by atoms with Crippen molar-refractivity contribution in [1.82, 2.24) is 0 Å². The molecule has 0 atom stereocenters. The average Bonchev–Trinajstić information content (AvgIpc) is 3.53.